The lowest BCUT2D eigenvalue weighted by molar-refractivity contribution is 0.0787. The van der Waals surface area contributed by atoms with Crippen LogP contribution in [0.3, 0.4) is 0 Å². The van der Waals surface area contributed by atoms with Crippen molar-refractivity contribution in [1.29, 1.82) is 0 Å². The van der Waals surface area contributed by atoms with Crippen molar-refractivity contribution in [3.05, 3.63) is 35.4 Å². The molecule has 1 amide bonds. The summed E-state index contributed by atoms with van der Waals surface area (Å²) in [6.07, 6.45) is 2.09. The molecular formula is C17H24ClNO. The van der Waals surface area contributed by atoms with E-state index < -0.39 is 0 Å². The quantitative estimate of drug-likeness (QED) is 0.769. The molecule has 1 heterocycles. The summed E-state index contributed by atoms with van der Waals surface area (Å²) in [6.45, 7) is 8.26. The van der Waals surface area contributed by atoms with E-state index in [9.17, 15) is 4.79 Å². The Kier molecular flexibility index (Phi) is 4.74. The van der Waals surface area contributed by atoms with Crippen molar-refractivity contribution in [2.75, 3.05) is 19.0 Å². The number of alkyl halides is 1. The monoisotopic (exact) mass is 293 g/mol. The Morgan fingerprint density at radius 2 is 1.95 bits per heavy atom. The second-order valence-corrected chi connectivity index (χ2v) is 7.09. The van der Waals surface area contributed by atoms with Gasteiger partial charge in [0.2, 0.25) is 0 Å². The van der Waals surface area contributed by atoms with E-state index in [0.717, 1.165) is 31.5 Å². The van der Waals surface area contributed by atoms with Gasteiger partial charge < -0.3 is 4.90 Å². The maximum atomic E-state index is 12.5. The van der Waals surface area contributed by atoms with Gasteiger partial charge in [-0.3, -0.25) is 4.79 Å². The molecule has 0 spiro atoms. The number of hydrogen-bond donors (Lipinski definition) is 0. The summed E-state index contributed by atoms with van der Waals surface area (Å²) in [5.41, 5.74) is 2.18. The molecule has 1 aliphatic heterocycles. The van der Waals surface area contributed by atoms with Gasteiger partial charge in [-0.2, -0.15) is 0 Å². The van der Waals surface area contributed by atoms with E-state index in [1.165, 1.54) is 5.56 Å². The lowest BCUT2D eigenvalue weighted by Gasteiger charge is -2.20. The van der Waals surface area contributed by atoms with Crippen LogP contribution in [0, 0.1) is 5.92 Å². The van der Waals surface area contributed by atoms with E-state index in [0.29, 0.717) is 11.8 Å². The molecule has 1 aromatic rings. The summed E-state index contributed by atoms with van der Waals surface area (Å²) in [6, 6.07) is 8.05. The fourth-order valence-electron chi connectivity index (χ4n) is 2.70. The molecule has 1 fully saturated rings. The van der Waals surface area contributed by atoms with Gasteiger partial charge in [0.25, 0.3) is 5.91 Å². The molecule has 0 radical (unpaired) electrons. The van der Waals surface area contributed by atoms with Crippen molar-refractivity contribution in [2.24, 2.45) is 5.92 Å². The van der Waals surface area contributed by atoms with Crippen LogP contribution in [0.1, 0.15) is 49.5 Å². The lowest BCUT2D eigenvalue weighted by atomic mass is 9.86. The number of rotatable bonds is 3. The number of carbonyl (C=O) groups excluding carboxylic acids is 1. The molecule has 0 N–H and O–H groups in total. The molecule has 1 aromatic carbocycles. The number of amides is 1. The van der Waals surface area contributed by atoms with Crippen LogP contribution in [0.4, 0.5) is 0 Å². The second kappa shape index (κ2) is 6.17. The summed E-state index contributed by atoms with van der Waals surface area (Å²) in [5, 5.41) is 0. The third-order valence-electron chi connectivity index (χ3n) is 4.09. The molecule has 2 nitrogen and oxygen atoms in total. The van der Waals surface area contributed by atoms with Crippen molar-refractivity contribution in [2.45, 2.75) is 39.0 Å². The SMILES string of the molecule is CC(C)(C)c1ccc(C(=O)N2CCC(CCCl)C2)cc1. The zero-order chi connectivity index (χ0) is 14.8. The van der Waals surface area contributed by atoms with Gasteiger partial charge in [0.1, 0.15) is 0 Å². The Morgan fingerprint density at radius 3 is 2.50 bits per heavy atom. The molecule has 0 aliphatic carbocycles. The predicted molar refractivity (Wildman–Crippen MR) is 84.5 cm³/mol. The van der Waals surface area contributed by atoms with Gasteiger partial charge in [-0.15, -0.1) is 11.6 Å². The Balaban J connectivity index is 2.03. The van der Waals surface area contributed by atoms with Crippen LogP contribution in [-0.4, -0.2) is 29.8 Å². The first-order chi connectivity index (χ1) is 9.41. The fourth-order valence-corrected chi connectivity index (χ4v) is 3.01. The van der Waals surface area contributed by atoms with E-state index in [2.05, 4.69) is 32.9 Å². The number of benzene rings is 1. The topological polar surface area (TPSA) is 20.3 Å². The maximum Gasteiger partial charge on any atom is 0.253 e. The standard InChI is InChI=1S/C17H24ClNO/c1-17(2,3)15-6-4-14(5-7-15)16(20)19-11-9-13(12-19)8-10-18/h4-7,13H,8-12H2,1-3H3. The molecule has 0 aromatic heterocycles. The van der Waals surface area contributed by atoms with Crippen molar-refractivity contribution in [1.82, 2.24) is 4.90 Å². The first-order valence-electron chi connectivity index (χ1n) is 7.37. The smallest absolute Gasteiger partial charge is 0.253 e. The summed E-state index contributed by atoms with van der Waals surface area (Å²) >= 11 is 5.78. The highest BCUT2D eigenvalue weighted by Crippen LogP contribution is 2.24. The number of hydrogen-bond acceptors (Lipinski definition) is 1. The van der Waals surface area contributed by atoms with Crippen molar-refractivity contribution < 1.29 is 4.79 Å². The van der Waals surface area contributed by atoms with Gasteiger partial charge >= 0.3 is 0 Å². The Labute approximate surface area is 127 Å². The molecule has 0 saturated carbocycles. The number of halogens is 1. The summed E-state index contributed by atoms with van der Waals surface area (Å²) < 4.78 is 0. The van der Waals surface area contributed by atoms with E-state index in [-0.39, 0.29) is 11.3 Å². The predicted octanol–water partition coefficient (Wildman–Crippen LogP) is 4.08. The number of likely N-dealkylation sites (tertiary alicyclic amines) is 1. The first kappa shape index (κ1) is 15.4. The van der Waals surface area contributed by atoms with Gasteiger partial charge in [0, 0.05) is 24.5 Å². The molecular weight excluding hydrogens is 270 g/mol. The fraction of sp³-hybridized carbons (Fsp3) is 0.588. The number of carbonyl (C=O) groups is 1. The van der Waals surface area contributed by atoms with E-state index >= 15 is 0 Å². The summed E-state index contributed by atoms with van der Waals surface area (Å²) in [4.78, 5) is 14.4. The normalized spacial score (nSPS) is 19.4. The average molecular weight is 294 g/mol. The van der Waals surface area contributed by atoms with Crippen LogP contribution in [0.2, 0.25) is 0 Å². The molecule has 1 atom stereocenters. The van der Waals surface area contributed by atoms with Crippen molar-refractivity contribution in [3.63, 3.8) is 0 Å². The minimum Gasteiger partial charge on any atom is -0.338 e. The summed E-state index contributed by atoms with van der Waals surface area (Å²) in [7, 11) is 0. The van der Waals surface area contributed by atoms with Crippen molar-refractivity contribution >= 4 is 17.5 Å². The largest absolute Gasteiger partial charge is 0.338 e. The minimum absolute atomic E-state index is 0.126. The summed E-state index contributed by atoms with van der Waals surface area (Å²) in [5.74, 6) is 1.42. The van der Waals surface area contributed by atoms with E-state index in [1.807, 2.05) is 17.0 Å². The van der Waals surface area contributed by atoms with Crippen LogP contribution in [-0.2, 0) is 5.41 Å². The van der Waals surface area contributed by atoms with E-state index in [4.69, 9.17) is 11.6 Å². The highest BCUT2D eigenvalue weighted by molar-refractivity contribution is 6.17. The van der Waals surface area contributed by atoms with Gasteiger partial charge in [-0.1, -0.05) is 32.9 Å². The van der Waals surface area contributed by atoms with Gasteiger partial charge in [0.15, 0.2) is 0 Å². The average Bonchev–Trinajstić information content (AvgIpc) is 2.86. The zero-order valence-electron chi connectivity index (χ0n) is 12.7. The highest BCUT2D eigenvalue weighted by atomic mass is 35.5. The zero-order valence-corrected chi connectivity index (χ0v) is 13.4. The number of nitrogens with zero attached hydrogens (tertiary/aromatic N) is 1. The molecule has 20 heavy (non-hydrogen) atoms. The first-order valence-corrected chi connectivity index (χ1v) is 7.91. The maximum absolute atomic E-state index is 12.5. The molecule has 2 rings (SSSR count). The molecule has 0 bridgehead atoms. The molecule has 1 unspecified atom stereocenters. The molecule has 110 valence electrons. The van der Waals surface area contributed by atoms with Gasteiger partial charge in [-0.25, -0.2) is 0 Å². The second-order valence-electron chi connectivity index (χ2n) is 6.71. The molecule has 3 heteroatoms. The molecule has 1 saturated heterocycles. The van der Waals surface area contributed by atoms with Gasteiger partial charge in [-0.05, 0) is 41.9 Å². The van der Waals surface area contributed by atoms with Crippen LogP contribution in [0.5, 0.6) is 0 Å². The minimum atomic E-state index is 0.126. The van der Waals surface area contributed by atoms with Crippen LogP contribution < -0.4 is 0 Å². The van der Waals surface area contributed by atoms with E-state index in [1.54, 1.807) is 0 Å². The Morgan fingerprint density at radius 1 is 1.30 bits per heavy atom. The Bertz CT molecular complexity index is 461. The Hall–Kier alpha value is -1.02. The third kappa shape index (κ3) is 3.54. The van der Waals surface area contributed by atoms with Crippen LogP contribution >= 0.6 is 11.6 Å². The highest BCUT2D eigenvalue weighted by Gasteiger charge is 2.26. The lowest BCUT2D eigenvalue weighted by Crippen LogP contribution is -2.28. The van der Waals surface area contributed by atoms with Crippen LogP contribution in [0.15, 0.2) is 24.3 Å². The van der Waals surface area contributed by atoms with Crippen LogP contribution in [0.25, 0.3) is 0 Å². The third-order valence-corrected chi connectivity index (χ3v) is 4.31. The molecule has 1 aliphatic rings. The van der Waals surface area contributed by atoms with Gasteiger partial charge in [0.05, 0.1) is 0 Å². The van der Waals surface area contributed by atoms with Crippen molar-refractivity contribution in [3.8, 4) is 0 Å².